The first kappa shape index (κ1) is 22.2. The third kappa shape index (κ3) is 6.23. The zero-order valence-electron chi connectivity index (χ0n) is 18.5. The fraction of sp³-hybridized carbons (Fsp3) is 0.480. The zero-order chi connectivity index (χ0) is 21.3. The molecule has 0 spiro atoms. The van der Waals surface area contributed by atoms with Gasteiger partial charge in [0, 0.05) is 26.2 Å². The van der Waals surface area contributed by atoms with E-state index in [9.17, 15) is 4.79 Å². The van der Waals surface area contributed by atoms with Crippen LogP contribution in [0.25, 0.3) is 0 Å². The second-order valence-corrected chi connectivity index (χ2v) is 8.32. The molecule has 162 valence electrons. The summed E-state index contributed by atoms with van der Waals surface area (Å²) in [4.78, 5) is 17.4. The molecule has 2 aromatic rings. The molecule has 1 aliphatic heterocycles. The van der Waals surface area contributed by atoms with Crippen LogP contribution in [0.5, 0.6) is 5.75 Å². The molecule has 5 nitrogen and oxygen atoms in total. The second kappa shape index (κ2) is 11.0. The van der Waals surface area contributed by atoms with E-state index in [1.54, 1.807) is 0 Å². The number of carbonyl (C=O) groups is 1. The van der Waals surface area contributed by atoms with Gasteiger partial charge in [0.05, 0.1) is 24.9 Å². The maximum absolute atomic E-state index is 12.8. The highest BCUT2D eigenvalue weighted by Crippen LogP contribution is 2.28. The molecule has 0 aliphatic carbocycles. The summed E-state index contributed by atoms with van der Waals surface area (Å²) >= 11 is 0. The Morgan fingerprint density at radius 1 is 1.00 bits per heavy atom. The van der Waals surface area contributed by atoms with Crippen LogP contribution in [0.1, 0.15) is 38.8 Å². The molecule has 0 radical (unpaired) electrons. The van der Waals surface area contributed by atoms with E-state index in [4.69, 9.17) is 4.74 Å². The van der Waals surface area contributed by atoms with Crippen molar-refractivity contribution in [1.29, 1.82) is 0 Å². The maximum atomic E-state index is 12.8. The van der Waals surface area contributed by atoms with Crippen molar-refractivity contribution in [2.75, 3.05) is 44.2 Å². The van der Waals surface area contributed by atoms with E-state index < -0.39 is 0 Å². The average Bonchev–Trinajstić information content (AvgIpc) is 2.75. The van der Waals surface area contributed by atoms with Gasteiger partial charge in [-0.2, -0.15) is 0 Å². The van der Waals surface area contributed by atoms with Crippen LogP contribution < -0.4 is 15.0 Å². The highest BCUT2D eigenvalue weighted by atomic mass is 16.5. The van der Waals surface area contributed by atoms with Gasteiger partial charge in [0.15, 0.2) is 0 Å². The van der Waals surface area contributed by atoms with Gasteiger partial charge in [-0.25, -0.2) is 0 Å². The van der Waals surface area contributed by atoms with Crippen molar-refractivity contribution in [2.24, 2.45) is 5.92 Å². The van der Waals surface area contributed by atoms with Crippen LogP contribution in [0.4, 0.5) is 5.69 Å². The fourth-order valence-corrected chi connectivity index (χ4v) is 4.02. The summed E-state index contributed by atoms with van der Waals surface area (Å²) in [5.74, 6) is 1.56. The van der Waals surface area contributed by atoms with Gasteiger partial charge >= 0.3 is 0 Å². The highest BCUT2D eigenvalue weighted by Gasteiger charge is 2.23. The van der Waals surface area contributed by atoms with Crippen LogP contribution in [0, 0.1) is 5.92 Å². The van der Waals surface area contributed by atoms with Crippen molar-refractivity contribution in [1.82, 2.24) is 10.2 Å². The maximum Gasteiger partial charge on any atom is 0.234 e. The van der Waals surface area contributed by atoms with E-state index in [1.807, 2.05) is 37.3 Å². The van der Waals surface area contributed by atoms with E-state index in [0.29, 0.717) is 19.1 Å². The van der Waals surface area contributed by atoms with Crippen molar-refractivity contribution in [3.05, 3.63) is 60.2 Å². The number of nitrogens with one attached hydrogen (secondary N) is 1. The minimum Gasteiger partial charge on any atom is -0.492 e. The quantitative estimate of drug-likeness (QED) is 0.677. The molecular formula is C25H35N3O2. The molecular weight excluding hydrogens is 374 g/mol. The van der Waals surface area contributed by atoms with Gasteiger partial charge in [0.1, 0.15) is 5.75 Å². The first-order chi connectivity index (χ1) is 14.6. The molecule has 5 heteroatoms. The first-order valence-corrected chi connectivity index (χ1v) is 11.1. The van der Waals surface area contributed by atoms with Crippen molar-refractivity contribution < 1.29 is 9.53 Å². The van der Waals surface area contributed by atoms with Crippen molar-refractivity contribution in [3.63, 3.8) is 0 Å². The van der Waals surface area contributed by atoms with E-state index in [1.165, 1.54) is 5.56 Å². The Labute approximate surface area is 181 Å². The van der Waals surface area contributed by atoms with Gasteiger partial charge in [0.2, 0.25) is 5.91 Å². The number of anilines is 1. The summed E-state index contributed by atoms with van der Waals surface area (Å²) in [7, 11) is 0. The Bertz CT molecular complexity index is 786. The normalized spacial score (nSPS) is 15.8. The number of nitrogens with zero attached hydrogens (tertiary/aromatic N) is 2. The van der Waals surface area contributed by atoms with E-state index >= 15 is 0 Å². The predicted molar refractivity (Wildman–Crippen MR) is 123 cm³/mol. The largest absolute Gasteiger partial charge is 0.492 e. The Hall–Kier alpha value is -2.53. The third-order valence-electron chi connectivity index (χ3n) is 5.49. The molecule has 3 rings (SSSR count). The summed E-state index contributed by atoms with van der Waals surface area (Å²) in [6, 6.07) is 18.6. The summed E-state index contributed by atoms with van der Waals surface area (Å²) in [5, 5.41) is 3.27. The molecule has 1 N–H and O–H groups in total. The Morgan fingerprint density at radius 2 is 1.67 bits per heavy atom. The Kier molecular flexibility index (Phi) is 8.14. The minimum absolute atomic E-state index is 0.0676. The van der Waals surface area contributed by atoms with Gasteiger partial charge in [-0.1, -0.05) is 56.3 Å². The van der Waals surface area contributed by atoms with E-state index in [0.717, 1.165) is 44.0 Å². The molecule has 0 bridgehead atoms. The summed E-state index contributed by atoms with van der Waals surface area (Å²) in [6.45, 7) is 11.0. The van der Waals surface area contributed by atoms with Crippen LogP contribution in [-0.4, -0.2) is 50.1 Å². The number of hydrogen-bond acceptors (Lipinski definition) is 4. The molecule has 1 aliphatic rings. The Morgan fingerprint density at radius 3 is 2.33 bits per heavy atom. The molecule has 1 saturated heterocycles. The summed E-state index contributed by atoms with van der Waals surface area (Å²) in [6.07, 6.45) is 0.942. The van der Waals surface area contributed by atoms with Crippen molar-refractivity contribution in [3.8, 4) is 5.75 Å². The lowest BCUT2D eigenvalue weighted by Crippen LogP contribution is -2.50. The summed E-state index contributed by atoms with van der Waals surface area (Å²) < 4.78 is 5.78. The average molecular weight is 410 g/mol. The molecule has 0 unspecified atom stereocenters. The molecule has 1 atom stereocenters. The monoisotopic (exact) mass is 409 g/mol. The Balaban J connectivity index is 1.53. The lowest BCUT2D eigenvalue weighted by molar-refractivity contribution is -0.123. The SMILES string of the molecule is CCOc1ccccc1N1CCN(CC(=O)N[C@H](CC(C)C)c2ccccc2)CC1. The molecule has 1 fully saturated rings. The highest BCUT2D eigenvalue weighted by molar-refractivity contribution is 5.78. The number of benzene rings is 2. The number of para-hydroxylation sites is 2. The topological polar surface area (TPSA) is 44.8 Å². The molecule has 2 aromatic carbocycles. The number of amides is 1. The molecule has 1 heterocycles. The lowest BCUT2D eigenvalue weighted by atomic mass is 9.97. The predicted octanol–water partition coefficient (Wildman–Crippen LogP) is 4.11. The smallest absolute Gasteiger partial charge is 0.234 e. The van der Waals surface area contributed by atoms with Gasteiger partial charge in [-0.15, -0.1) is 0 Å². The number of rotatable bonds is 9. The first-order valence-electron chi connectivity index (χ1n) is 11.1. The van der Waals surface area contributed by atoms with E-state index in [-0.39, 0.29) is 11.9 Å². The molecule has 1 amide bonds. The van der Waals surface area contributed by atoms with Crippen LogP contribution in [0.2, 0.25) is 0 Å². The standard InChI is InChI=1S/C25H35N3O2/c1-4-30-24-13-9-8-12-23(24)28-16-14-27(15-17-28)19-25(29)26-22(18-20(2)3)21-10-6-5-7-11-21/h5-13,20,22H,4,14-19H2,1-3H3,(H,26,29)/t22-/m1/s1. The van der Waals surface area contributed by atoms with Crippen LogP contribution in [0.15, 0.2) is 54.6 Å². The van der Waals surface area contributed by atoms with Crippen LogP contribution >= 0.6 is 0 Å². The zero-order valence-corrected chi connectivity index (χ0v) is 18.5. The van der Waals surface area contributed by atoms with Crippen molar-refractivity contribution in [2.45, 2.75) is 33.2 Å². The van der Waals surface area contributed by atoms with Crippen LogP contribution in [0.3, 0.4) is 0 Å². The number of piperazine rings is 1. The summed E-state index contributed by atoms with van der Waals surface area (Å²) in [5.41, 5.74) is 2.32. The van der Waals surface area contributed by atoms with Gasteiger partial charge in [-0.3, -0.25) is 9.69 Å². The number of carbonyl (C=O) groups excluding carboxylic acids is 1. The van der Waals surface area contributed by atoms with Crippen molar-refractivity contribution >= 4 is 11.6 Å². The molecule has 30 heavy (non-hydrogen) atoms. The second-order valence-electron chi connectivity index (χ2n) is 8.32. The fourth-order valence-electron chi connectivity index (χ4n) is 4.02. The van der Waals surface area contributed by atoms with Gasteiger partial charge in [0.25, 0.3) is 0 Å². The number of hydrogen-bond donors (Lipinski definition) is 1. The third-order valence-corrected chi connectivity index (χ3v) is 5.49. The van der Waals surface area contributed by atoms with Crippen LogP contribution in [-0.2, 0) is 4.79 Å². The molecule has 0 aromatic heterocycles. The van der Waals surface area contributed by atoms with Gasteiger partial charge in [-0.05, 0) is 37.0 Å². The van der Waals surface area contributed by atoms with E-state index in [2.05, 4.69) is 53.2 Å². The number of ether oxygens (including phenoxy) is 1. The lowest BCUT2D eigenvalue weighted by Gasteiger charge is -2.36. The van der Waals surface area contributed by atoms with Gasteiger partial charge < -0.3 is 15.0 Å². The molecule has 0 saturated carbocycles. The minimum atomic E-state index is 0.0676.